The summed E-state index contributed by atoms with van der Waals surface area (Å²) in [6.07, 6.45) is 3.86. The van der Waals surface area contributed by atoms with E-state index < -0.39 is 0 Å². The minimum Gasteiger partial charge on any atom is -0.489 e. The average Bonchev–Trinajstić information content (AvgIpc) is 2.34. The number of para-hydroxylation sites is 1. The van der Waals surface area contributed by atoms with E-state index in [1.807, 2.05) is 24.3 Å². The number of benzene rings is 1. The predicted octanol–water partition coefficient (Wildman–Crippen LogP) is 3.25. The van der Waals surface area contributed by atoms with Crippen LogP contribution in [0.25, 0.3) is 6.08 Å². The molecule has 0 aromatic heterocycles. The first kappa shape index (κ1) is 13.5. The normalized spacial score (nSPS) is 11.6. The van der Waals surface area contributed by atoms with Gasteiger partial charge in [0.15, 0.2) is 0 Å². The molecule has 1 rings (SSSR count). The van der Waals surface area contributed by atoms with Crippen molar-refractivity contribution in [3.05, 3.63) is 48.1 Å². The number of hydrogen-bond donors (Lipinski definition) is 1. The van der Waals surface area contributed by atoms with Gasteiger partial charge in [0.2, 0.25) is 0 Å². The van der Waals surface area contributed by atoms with Crippen molar-refractivity contribution in [3.63, 3.8) is 0 Å². The largest absolute Gasteiger partial charge is 0.489 e. The standard InChI is InChI=1S/C15H21NO/c1-4-9-17-15-8-6-5-7-13(15)10-14(11-16)12(2)3/h4-8,10,12H,1,9,11,16H2,2-3H3. The van der Waals surface area contributed by atoms with Crippen molar-refractivity contribution in [2.45, 2.75) is 13.8 Å². The van der Waals surface area contributed by atoms with Crippen LogP contribution in [-0.4, -0.2) is 13.2 Å². The second-order valence-corrected chi connectivity index (χ2v) is 4.22. The van der Waals surface area contributed by atoms with Crippen LogP contribution in [0.3, 0.4) is 0 Å². The Labute approximate surface area is 104 Å². The molecule has 0 saturated heterocycles. The fourth-order valence-electron chi connectivity index (χ4n) is 1.54. The molecule has 2 nitrogen and oxygen atoms in total. The summed E-state index contributed by atoms with van der Waals surface area (Å²) in [7, 11) is 0. The van der Waals surface area contributed by atoms with Gasteiger partial charge in [0, 0.05) is 12.1 Å². The van der Waals surface area contributed by atoms with Crippen molar-refractivity contribution in [2.24, 2.45) is 11.7 Å². The number of hydrogen-bond acceptors (Lipinski definition) is 2. The third-order valence-corrected chi connectivity index (χ3v) is 2.59. The number of ether oxygens (including phenoxy) is 1. The van der Waals surface area contributed by atoms with Crippen LogP contribution in [0.5, 0.6) is 5.75 Å². The van der Waals surface area contributed by atoms with Gasteiger partial charge in [-0.3, -0.25) is 0 Å². The van der Waals surface area contributed by atoms with Gasteiger partial charge in [-0.15, -0.1) is 0 Å². The van der Waals surface area contributed by atoms with Gasteiger partial charge < -0.3 is 10.5 Å². The van der Waals surface area contributed by atoms with E-state index >= 15 is 0 Å². The predicted molar refractivity (Wildman–Crippen MR) is 74.0 cm³/mol. The van der Waals surface area contributed by atoms with Gasteiger partial charge in [0.05, 0.1) is 0 Å². The van der Waals surface area contributed by atoms with Gasteiger partial charge in [-0.25, -0.2) is 0 Å². The van der Waals surface area contributed by atoms with Crippen molar-refractivity contribution in [1.29, 1.82) is 0 Å². The second-order valence-electron chi connectivity index (χ2n) is 4.22. The summed E-state index contributed by atoms with van der Waals surface area (Å²) in [5.74, 6) is 1.33. The van der Waals surface area contributed by atoms with Crippen LogP contribution in [0.15, 0.2) is 42.5 Å². The van der Waals surface area contributed by atoms with E-state index in [0.29, 0.717) is 19.1 Å². The summed E-state index contributed by atoms with van der Waals surface area (Å²) in [5, 5.41) is 0. The van der Waals surface area contributed by atoms with Crippen LogP contribution in [0.4, 0.5) is 0 Å². The smallest absolute Gasteiger partial charge is 0.126 e. The molecular weight excluding hydrogens is 210 g/mol. The minimum atomic E-state index is 0.451. The van der Waals surface area contributed by atoms with Gasteiger partial charge >= 0.3 is 0 Å². The number of nitrogens with two attached hydrogens (primary N) is 1. The summed E-state index contributed by atoms with van der Waals surface area (Å²) in [4.78, 5) is 0. The van der Waals surface area contributed by atoms with Crippen LogP contribution in [0.1, 0.15) is 19.4 Å². The van der Waals surface area contributed by atoms with Gasteiger partial charge in [-0.2, -0.15) is 0 Å². The minimum absolute atomic E-state index is 0.451. The third-order valence-electron chi connectivity index (χ3n) is 2.59. The van der Waals surface area contributed by atoms with E-state index in [1.54, 1.807) is 6.08 Å². The van der Waals surface area contributed by atoms with Gasteiger partial charge in [0.1, 0.15) is 12.4 Å². The molecule has 0 aliphatic carbocycles. The Balaban J connectivity index is 2.99. The Morgan fingerprint density at radius 2 is 2.12 bits per heavy atom. The molecule has 0 aliphatic rings. The monoisotopic (exact) mass is 231 g/mol. The summed E-state index contributed by atoms with van der Waals surface area (Å²) in [6, 6.07) is 7.97. The lowest BCUT2D eigenvalue weighted by Gasteiger charge is -2.11. The average molecular weight is 231 g/mol. The highest BCUT2D eigenvalue weighted by Crippen LogP contribution is 2.22. The maximum atomic E-state index is 5.75. The molecule has 0 radical (unpaired) electrons. The van der Waals surface area contributed by atoms with Crippen LogP contribution >= 0.6 is 0 Å². The number of rotatable bonds is 6. The first-order valence-corrected chi connectivity index (χ1v) is 5.92. The van der Waals surface area contributed by atoms with E-state index in [9.17, 15) is 0 Å². The van der Waals surface area contributed by atoms with Crippen LogP contribution in [-0.2, 0) is 0 Å². The van der Waals surface area contributed by atoms with Gasteiger partial charge in [0.25, 0.3) is 0 Å². The molecule has 17 heavy (non-hydrogen) atoms. The SMILES string of the molecule is C=CCOc1ccccc1C=C(CN)C(C)C. The Morgan fingerprint density at radius 1 is 1.41 bits per heavy atom. The van der Waals surface area contributed by atoms with Crippen LogP contribution < -0.4 is 10.5 Å². The van der Waals surface area contributed by atoms with Gasteiger partial charge in [-0.1, -0.05) is 56.4 Å². The molecule has 0 aliphatic heterocycles. The van der Waals surface area contributed by atoms with Crippen molar-refractivity contribution in [2.75, 3.05) is 13.2 Å². The van der Waals surface area contributed by atoms with Crippen molar-refractivity contribution < 1.29 is 4.74 Å². The molecule has 0 bridgehead atoms. The lowest BCUT2D eigenvalue weighted by atomic mass is 10.00. The highest BCUT2D eigenvalue weighted by molar-refractivity contribution is 5.60. The highest BCUT2D eigenvalue weighted by Gasteiger charge is 2.04. The fraction of sp³-hybridized carbons (Fsp3) is 0.333. The Bertz CT molecular complexity index is 394. The zero-order valence-electron chi connectivity index (χ0n) is 10.6. The quantitative estimate of drug-likeness (QED) is 0.763. The fourth-order valence-corrected chi connectivity index (χ4v) is 1.54. The second kappa shape index (κ2) is 6.92. The molecule has 0 atom stereocenters. The van der Waals surface area contributed by atoms with Gasteiger partial charge in [-0.05, 0) is 12.0 Å². The Hall–Kier alpha value is -1.54. The van der Waals surface area contributed by atoms with Crippen molar-refractivity contribution in [3.8, 4) is 5.75 Å². The lowest BCUT2D eigenvalue weighted by Crippen LogP contribution is -2.08. The third kappa shape index (κ3) is 4.08. The molecule has 0 unspecified atom stereocenters. The molecule has 2 heteroatoms. The van der Waals surface area contributed by atoms with E-state index in [-0.39, 0.29) is 0 Å². The summed E-state index contributed by atoms with van der Waals surface area (Å²) in [5.41, 5.74) is 8.04. The molecule has 1 aromatic carbocycles. The van der Waals surface area contributed by atoms with Crippen molar-refractivity contribution in [1.82, 2.24) is 0 Å². The Kier molecular flexibility index (Phi) is 5.50. The summed E-state index contributed by atoms with van der Waals surface area (Å²) < 4.78 is 5.61. The molecule has 1 aromatic rings. The van der Waals surface area contributed by atoms with E-state index in [1.165, 1.54) is 5.57 Å². The maximum absolute atomic E-state index is 5.75. The molecule has 0 amide bonds. The molecular formula is C15H21NO. The first-order valence-electron chi connectivity index (χ1n) is 5.92. The van der Waals surface area contributed by atoms with Crippen LogP contribution in [0, 0.1) is 5.92 Å². The topological polar surface area (TPSA) is 35.2 Å². The zero-order chi connectivity index (χ0) is 12.7. The molecule has 92 valence electrons. The maximum Gasteiger partial charge on any atom is 0.126 e. The van der Waals surface area contributed by atoms with Crippen LogP contribution in [0.2, 0.25) is 0 Å². The first-order chi connectivity index (χ1) is 8.19. The summed E-state index contributed by atoms with van der Waals surface area (Å²) >= 11 is 0. The van der Waals surface area contributed by atoms with E-state index in [0.717, 1.165) is 11.3 Å². The highest BCUT2D eigenvalue weighted by atomic mass is 16.5. The summed E-state index contributed by atoms with van der Waals surface area (Å²) in [6.45, 7) is 9.04. The van der Waals surface area contributed by atoms with E-state index in [4.69, 9.17) is 10.5 Å². The Morgan fingerprint density at radius 3 is 2.71 bits per heavy atom. The van der Waals surface area contributed by atoms with E-state index in [2.05, 4.69) is 26.5 Å². The molecule has 0 saturated carbocycles. The van der Waals surface area contributed by atoms with Crippen molar-refractivity contribution >= 4 is 6.08 Å². The zero-order valence-corrected chi connectivity index (χ0v) is 10.6. The molecule has 0 fully saturated rings. The molecule has 0 spiro atoms. The molecule has 2 N–H and O–H groups in total. The molecule has 0 heterocycles. The lowest BCUT2D eigenvalue weighted by molar-refractivity contribution is 0.362.